The van der Waals surface area contributed by atoms with Gasteiger partial charge in [0.2, 0.25) is 11.8 Å². The Kier molecular flexibility index (Phi) is 7.05. The molecule has 2 aliphatic rings. The van der Waals surface area contributed by atoms with Gasteiger partial charge in [-0.05, 0) is 19.9 Å². The van der Waals surface area contributed by atoms with Crippen molar-refractivity contribution in [1.29, 1.82) is 0 Å². The van der Waals surface area contributed by atoms with Crippen LogP contribution in [0, 0.1) is 19.8 Å². The van der Waals surface area contributed by atoms with Crippen LogP contribution < -0.4 is 11.0 Å². The van der Waals surface area contributed by atoms with Gasteiger partial charge in [-0.3, -0.25) is 19.0 Å². The van der Waals surface area contributed by atoms with Crippen LogP contribution in [0.2, 0.25) is 0 Å². The predicted molar refractivity (Wildman–Crippen MR) is 94.1 cm³/mol. The fraction of sp³-hybridized carbons (Fsp3) is 0.588. The minimum atomic E-state index is -0.335. The number of carbonyl (C=O) groups is 3. The van der Waals surface area contributed by atoms with Crippen molar-refractivity contribution in [2.24, 2.45) is 5.92 Å². The highest BCUT2D eigenvalue weighted by molar-refractivity contribution is 5.82. The lowest BCUT2D eigenvalue weighted by Gasteiger charge is -2.27. The van der Waals surface area contributed by atoms with Gasteiger partial charge in [-0.2, -0.15) is 4.98 Å². The summed E-state index contributed by atoms with van der Waals surface area (Å²) in [5, 5.41) is 9.79. The summed E-state index contributed by atoms with van der Waals surface area (Å²) in [7, 11) is 0. The van der Waals surface area contributed by atoms with Gasteiger partial charge in [0.15, 0.2) is 0 Å². The van der Waals surface area contributed by atoms with Crippen molar-refractivity contribution in [2.45, 2.75) is 32.9 Å². The molecule has 10 heteroatoms. The van der Waals surface area contributed by atoms with E-state index in [4.69, 9.17) is 14.6 Å². The summed E-state index contributed by atoms with van der Waals surface area (Å²) in [6.45, 7) is 5.21. The van der Waals surface area contributed by atoms with E-state index in [1.54, 1.807) is 11.8 Å². The van der Waals surface area contributed by atoms with E-state index >= 15 is 0 Å². The summed E-state index contributed by atoms with van der Waals surface area (Å²) in [5.41, 5.74) is 1.13. The van der Waals surface area contributed by atoms with Gasteiger partial charge < -0.3 is 20.1 Å². The minimum Gasteiger partial charge on any atom is -0.483 e. The number of hydrogen-bond donors (Lipinski definition) is 2. The number of rotatable bonds is 3. The van der Waals surface area contributed by atoms with Crippen LogP contribution >= 0.6 is 0 Å². The van der Waals surface area contributed by atoms with E-state index in [2.05, 4.69) is 10.3 Å². The van der Waals surface area contributed by atoms with E-state index in [9.17, 15) is 14.4 Å². The number of amides is 2. The largest absolute Gasteiger partial charge is 0.483 e. The quantitative estimate of drug-likeness (QED) is 0.638. The lowest BCUT2D eigenvalue weighted by Crippen LogP contribution is -2.44. The standard InChI is InChI=1S/C16H22N4O4.CH2O2/c1-10-5-11(2)20(16(23)17-10)4-3-14(21)19-6-12-8-24-9-13(7-19)18-15(12)22;2-1-3/h5,12-13H,3-4,6-9H2,1-2H3,(H,18,22);1H,(H,2,3)/t12-,13+;/m1./s1. The fourth-order valence-corrected chi connectivity index (χ4v) is 3.25. The van der Waals surface area contributed by atoms with Crippen LogP contribution in [-0.2, 0) is 25.7 Å². The third-order valence-electron chi connectivity index (χ3n) is 4.49. The van der Waals surface area contributed by atoms with Crippen molar-refractivity contribution in [1.82, 2.24) is 19.8 Å². The van der Waals surface area contributed by atoms with E-state index < -0.39 is 0 Å². The van der Waals surface area contributed by atoms with Crippen LogP contribution in [0.1, 0.15) is 17.8 Å². The van der Waals surface area contributed by atoms with Gasteiger partial charge >= 0.3 is 5.69 Å². The van der Waals surface area contributed by atoms with Crippen LogP contribution in [0.4, 0.5) is 0 Å². The molecule has 0 aromatic carbocycles. The van der Waals surface area contributed by atoms with Crippen molar-refractivity contribution >= 4 is 18.3 Å². The first-order chi connectivity index (χ1) is 12.8. The molecule has 2 fully saturated rings. The smallest absolute Gasteiger partial charge is 0.347 e. The van der Waals surface area contributed by atoms with Crippen LogP contribution in [0.25, 0.3) is 0 Å². The molecule has 0 unspecified atom stereocenters. The Morgan fingerprint density at radius 2 is 2.07 bits per heavy atom. The summed E-state index contributed by atoms with van der Waals surface area (Å²) in [4.78, 5) is 50.5. The van der Waals surface area contributed by atoms with Gasteiger partial charge in [-0.1, -0.05) is 0 Å². The van der Waals surface area contributed by atoms with Crippen molar-refractivity contribution in [3.8, 4) is 0 Å². The molecule has 0 aliphatic carbocycles. The number of hydrogen-bond acceptors (Lipinski definition) is 6. The Labute approximate surface area is 156 Å². The SMILES string of the molecule is Cc1cc(C)n(CCC(=O)N2C[C@H]3COC[C@@H](C2)C(=O)N3)c(=O)n1.O=CO. The van der Waals surface area contributed by atoms with Gasteiger partial charge in [0.1, 0.15) is 0 Å². The molecule has 3 rings (SSSR count). The molecule has 0 saturated carbocycles. The van der Waals surface area contributed by atoms with Crippen molar-refractivity contribution in [3.05, 3.63) is 27.9 Å². The molecule has 1 aromatic heterocycles. The van der Waals surface area contributed by atoms with Crippen LogP contribution in [0.3, 0.4) is 0 Å². The molecular weight excluding hydrogens is 356 g/mol. The predicted octanol–water partition coefficient (Wildman–Crippen LogP) is -1.08. The molecule has 148 valence electrons. The van der Waals surface area contributed by atoms with Gasteiger partial charge in [0, 0.05) is 37.4 Å². The molecule has 27 heavy (non-hydrogen) atoms. The number of aromatic nitrogens is 2. The highest BCUT2D eigenvalue weighted by Crippen LogP contribution is 2.14. The average Bonchev–Trinajstić information content (AvgIpc) is 2.82. The van der Waals surface area contributed by atoms with E-state index in [0.29, 0.717) is 38.5 Å². The molecule has 0 radical (unpaired) electrons. The van der Waals surface area contributed by atoms with E-state index in [1.807, 2.05) is 13.0 Å². The summed E-state index contributed by atoms with van der Waals surface area (Å²) >= 11 is 0. The molecule has 2 saturated heterocycles. The summed E-state index contributed by atoms with van der Waals surface area (Å²) in [6, 6.07) is 1.65. The molecule has 3 heterocycles. The lowest BCUT2D eigenvalue weighted by molar-refractivity contribution is -0.134. The zero-order chi connectivity index (χ0) is 20.0. The Bertz CT molecular complexity index is 762. The van der Waals surface area contributed by atoms with Crippen LogP contribution in [-0.4, -0.2) is 70.2 Å². The Morgan fingerprint density at radius 1 is 1.37 bits per heavy atom. The molecular formula is C17H24N4O6. The first-order valence-electron chi connectivity index (χ1n) is 8.64. The highest BCUT2D eigenvalue weighted by atomic mass is 16.5. The maximum atomic E-state index is 12.6. The number of carbonyl (C=O) groups excluding carboxylic acids is 2. The number of fused-ring (bicyclic) bond motifs is 3. The molecule has 10 nitrogen and oxygen atoms in total. The third kappa shape index (κ3) is 5.36. The minimum absolute atomic E-state index is 0.0531. The average molecular weight is 380 g/mol. The first-order valence-corrected chi connectivity index (χ1v) is 8.64. The maximum Gasteiger partial charge on any atom is 0.347 e. The second-order valence-electron chi connectivity index (χ2n) is 6.57. The number of nitrogens with zero attached hydrogens (tertiary/aromatic N) is 3. The summed E-state index contributed by atoms with van der Waals surface area (Å²) in [6.07, 6.45) is 0.208. The van der Waals surface area contributed by atoms with Crippen molar-refractivity contribution < 1.29 is 24.2 Å². The zero-order valence-electron chi connectivity index (χ0n) is 15.4. The van der Waals surface area contributed by atoms with Crippen LogP contribution in [0.15, 0.2) is 10.9 Å². The number of nitrogens with one attached hydrogen (secondary N) is 1. The van der Waals surface area contributed by atoms with Crippen LogP contribution in [0.5, 0.6) is 0 Å². The number of aryl methyl sites for hydroxylation is 2. The summed E-state index contributed by atoms with van der Waals surface area (Å²) in [5.74, 6) is -0.440. The molecule has 0 spiro atoms. The second kappa shape index (κ2) is 9.26. The topological polar surface area (TPSA) is 131 Å². The van der Waals surface area contributed by atoms with E-state index in [-0.39, 0.29) is 42.4 Å². The van der Waals surface area contributed by atoms with Gasteiger partial charge in [-0.15, -0.1) is 0 Å². The Morgan fingerprint density at radius 3 is 2.74 bits per heavy atom. The molecule has 2 N–H and O–H groups in total. The normalized spacial score (nSPS) is 21.4. The monoisotopic (exact) mass is 380 g/mol. The Hall–Kier alpha value is -2.75. The zero-order valence-corrected chi connectivity index (χ0v) is 15.4. The Balaban J connectivity index is 0.000000817. The second-order valence-corrected chi connectivity index (χ2v) is 6.57. The molecule has 2 bridgehead atoms. The van der Waals surface area contributed by atoms with Gasteiger partial charge in [0.05, 0.1) is 25.2 Å². The number of carboxylic acid groups (broad SMARTS) is 1. The fourth-order valence-electron chi connectivity index (χ4n) is 3.25. The summed E-state index contributed by atoms with van der Waals surface area (Å²) < 4.78 is 6.97. The van der Waals surface area contributed by atoms with E-state index in [1.165, 1.54) is 4.57 Å². The molecule has 2 amide bonds. The molecule has 2 aliphatic heterocycles. The molecule has 2 atom stereocenters. The van der Waals surface area contributed by atoms with Crippen molar-refractivity contribution in [2.75, 3.05) is 26.3 Å². The van der Waals surface area contributed by atoms with Gasteiger partial charge in [0.25, 0.3) is 6.47 Å². The lowest BCUT2D eigenvalue weighted by atomic mass is 10.1. The number of ether oxygens (including phenoxy) is 1. The third-order valence-corrected chi connectivity index (χ3v) is 4.49. The highest BCUT2D eigenvalue weighted by Gasteiger charge is 2.34. The molecule has 1 aromatic rings. The van der Waals surface area contributed by atoms with E-state index in [0.717, 1.165) is 5.69 Å². The first kappa shape index (κ1) is 20.6. The van der Waals surface area contributed by atoms with Crippen molar-refractivity contribution in [3.63, 3.8) is 0 Å². The van der Waals surface area contributed by atoms with Gasteiger partial charge in [-0.25, -0.2) is 4.79 Å². The maximum absolute atomic E-state index is 12.6.